The van der Waals surface area contributed by atoms with Crippen molar-refractivity contribution in [3.05, 3.63) is 83.1 Å². The fourth-order valence-electron chi connectivity index (χ4n) is 2.71. The van der Waals surface area contributed by atoms with Gasteiger partial charge in [0.05, 0.1) is 5.69 Å². The van der Waals surface area contributed by atoms with Crippen LogP contribution in [0.25, 0.3) is 12.2 Å². The van der Waals surface area contributed by atoms with Gasteiger partial charge in [0.25, 0.3) is 5.91 Å². The van der Waals surface area contributed by atoms with Gasteiger partial charge >= 0.3 is 0 Å². The monoisotopic (exact) mass is 426 g/mol. The highest BCUT2D eigenvalue weighted by atomic mass is 19.1. The molecule has 0 fully saturated rings. The van der Waals surface area contributed by atoms with E-state index in [1.165, 1.54) is 6.92 Å². The molecule has 4 N–H and O–H groups in total. The van der Waals surface area contributed by atoms with Crippen molar-refractivity contribution in [1.29, 1.82) is 0 Å². The zero-order valence-electron chi connectivity index (χ0n) is 16.5. The first-order chi connectivity index (χ1) is 14.8. The smallest absolute Gasteiger partial charge is 0.254 e. The summed E-state index contributed by atoms with van der Waals surface area (Å²) in [6.07, 6.45) is 1.83. The number of amides is 2. The fourth-order valence-corrected chi connectivity index (χ4v) is 2.71. The third-order valence-electron chi connectivity index (χ3n) is 4.30. The molecule has 31 heavy (non-hydrogen) atoms. The van der Waals surface area contributed by atoms with Crippen LogP contribution >= 0.6 is 0 Å². The molecule has 2 atom stereocenters. The molecule has 2 amide bonds. The van der Waals surface area contributed by atoms with Crippen LogP contribution in [0.3, 0.4) is 0 Å². The van der Waals surface area contributed by atoms with E-state index in [1.807, 2.05) is 36.4 Å². The summed E-state index contributed by atoms with van der Waals surface area (Å²) in [7, 11) is 0. The molecule has 3 aromatic rings. The van der Waals surface area contributed by atoms with Gasteiger partial charge in [-0.1, -0.05) is 36.4 Å². The molecular weight excluding hydrogens is 406 g/mol. The number of benzene rings is 2. The molecule has 1 aromatic heterocycles. The quantitative estimate of drug-likeness (QED) is 0.466. The Balaban J connectivity index is 1.56. The minimum absolute atomic E-state index is 0.242. The van der Waals surface area contributed by atoms with Crippen LogP contribution in [0.15, 0.2) is 54.6 Å². The van der Waals surface area contributed by atoms with Gasteiger partial charge in [0.15, 0.2) is 11.9 Å². The molecule has 0 radical (unpaired) electrons. The van der Waals surface area contributed by atoms with Crippen LogP contribution in [0.2, 0.25) is 0 Å². The van der Waals surface area contributed by atoms with Gasteiger partial charge in [-0.15, -0.1) is 0 Å². The van der Waals surface area contributed by atoms with Crippen molar-refractivity contribution < 1.29 is 23.5 Å². The number of nitrogens with zero attached hydrogens (tertiary/aromatic N) is 1. The Kier molecular flexibility index (Phi) is 6.88. The molecule has 1 heterocycles. The van der Waals surface area contributed by atoms with E-state index in [0.29, 0.717) is 11.8 Å². The molecule has 0 saturated heterocycles. The van der Waals surface area contributed by atoms with Crippen molar-refractivity contribution in [2.75, 3.05) is 5.32 Å². The molecule has 9 heteroatoms. The molecule has 0 bridgehead atoms. The van der Waals surface area contributed by atoms with Gasteiger partial charge in [-0.3, -0.25) is 14.7 Å². The lowest BCUT2D eigenvalue weighted by atomic mass is 10.1. The Bertz CT molecular complexity index is 1080. The maximum atomic E-state index is 13.3. The number of aliphatic hydroxyl groups is 1. The lowest BCUT2D eigenvalue weighted by Crippen LogP contribution is -2.43. The molecular formula is C22H20F2N4O3. The van der Waals surface area contributed by atoms with Crippen molar-refractivity contribution in [3.63, 3.8) is 0 Å². The maximum absolute atomic E-state index is 13.3. The molecule has 0 spiro atoms. The van der Waals surface area contributed by atoms with E-state index in [9.17, 15) is 23.5 Å². The first-order valence-corrected chi connectivity index (χ1v) is 9.35. The SMILES string of the molecule is C[C@H](NC(=O)[C@@H](O)c1cc(F)cc(F)c1)C(=O)Nc1cc(C=Cc2ccccc2)[nH]n1. The highest BCUT2D eigenvalue weighted by Gasteiger charge is 2.23. The molecule has 2 aromatic carbocycles. The summed E-state index contributed by atoms with van der Waals surface area (Å²) in [5.74, 6) is -3.17. The molecule has 0 aliphatic carbocycles. The number of hydrogen-bond donors (Lipinski definition) is 4. The summed E-state index contributed by atoms with van der Waals surface area (Å²) < 4.78 is 26.6. The molecule has 0 unspecified atom stereocenters. The van der Waals surface area contributed by atoms with Crippen LogP contribution in [0.5, 0.6) is 0 Å². The largest absolute Gasteiger partial charge is 0.378 e. The molecule has 0 aliphatic rings. The maximum Gasteiger partial charge on any atom is 0.254 e. The Morgan fingerprint density at radius 3 is 2.39 bits per heavy atom. The average molecular weight is 426 g/mol. The minimum atomic E-state index is -1.83. The molecule has 0 saturated carbocycles. The number of aromatic nitrogens is 2. The lowest BCUT2D eigenvalue weighted by Gasteiger charge is -2.16. The number of H-pyrrole nitrogens is 1. The van der Waals surface area contributed by atoms with Gasteiger partial charge in [-0.05, 0) is 36.3 Å². The van der Waals surface area contributed by atoms with E-state index in [0.717, 1.165) is 17.7 Å². The molecule has 0 aliphatic heterocycles. The Morgan fingerprint density at radius 2 is 1.71 bits per heavy atom. The summed E-state index contributed by atoms with van der Waals surface area (Å²) in [5.41, 5.74) is 1.39. The standard InChI is InChI=1S/C22H20F2N4O3/c1-13(25-22(31)20(29)15-9-16(23)11-17(24)10-15)21(30)26-19-12-18(27-28-19)8-7-14-5-3-2-4-6-14/h2-13,20,29H,1H3,(H,25,31)(H2,26,27,28,30)/t13-,20-/m0/s1. The van der Waals surface area contributed by atoms with Gasteiger partial charge < -0.3 is 15.7 Å². The second-order valence-corrected chi connectivity index (χ2v) is 6.78. The highest BCUT2D eigenvalue weighted by Crippen LogP contribution is 2.17. The first-order valence-electron chi connectivity index (χ1n) is 9.35. The van der Waals surface area contributed by atoms with Crippen LogP contribution in [0.1, 0.15) is 29.8 Å². The van der Waals surface area contributed by atoms with E-state index in [1.54, 1.807) is 12.1 Å². The van der Waals surface area contributed by atoms with Crippen LogP contribution < -0.4 is 10.6 Å². The molecule has 7 nitrogen and oxygen atoms in total. The van der Waals surface area contributed by atoms with Crippen LogP contribution in [-0.2, 0) is 9.59 Å². The minimum Gasteiger partial charge on any atom is -0.378 e. The number of hydrogen-bond acceptors (Lipinski definition) is 4. The van der Waals surface area contributed by atoms with E-state index in [2.05, 4.69) is 20.8 Å². The van der Waals surface area contributed by atoms with Crippen molar-refractivity contribution >= 4 is 29.8 Å². The van der Waals surface area contributed by atoms with E-state index < -0.39 is 35.6 Å². The van der Waals surface area contributed by atoms with Gasteiger partial charge in [0, 0.05) is 12.1 Å². The third kappa shape index (κ3) is 6.06. The zero-order valence-corrected chi connectivity index (χ0v) is 16.5. The van der Waals surface area contributed by atoms with Crippen LogP contribution in [0.4, 0.5) is 14.6 Å². The average Bonchev–Trinajstić information content (AvgIpc) is 3.19. The number of nitrogens with one attached hydrogen (secondary N) is 3. The predicted octanol–water partition coefficient (Wildman–Crippen LogP) is 3.04. The predicted molar refractivity (Wildman–Crippen MR) is 112 cm³/mol. The van der Waals surface area contributed by atoms with Crippen LogP contribution in [0, 0.1) is 11.6 Å². The summed E-state index contributed by atoms with van der Waals surface area (Å²) >= 11 is 0. The van der Waals surface area contributed by atoms with Gasteiger partial charge in [-0.25, -0.2) is 8.78 Å². The van der Waals surface area contributed by atoms with Crippen molar-refractivity contribution in [3.8, 4) is 0 Å². The van der Waals surface area contributed by atoms with Crippen molar-refractivity contribution in [1.82, 2.24) is 15.5 Å². The van der Waals surface area contributed by atoms with Crippen molar-refractivity contribution in [2.24, 2.45) is 0 Å². The third-order valence-corrected chi connectivity index (χ3v) is 4.30. The van der Waals surface area contributed by atoms with Crippen molar-refractivity contribution in [2.45, 2.75) is 19.1 Å². The Labute approximate surface area is 176 Å². The number of carbonyl (C=O) groups is 2. The fraction of sp³-hybridized carbons (Fsp3) is 0.136. The number of aromatic amines is 1. The zero-order chi connectivity index (χ0) is 22.4. The Morgan fingerprint density at radius 1 is 1.03 bits per heavy atom. The highest BCUT2D eigenvalue weighted by molar-refractivity contribution is 5.97. The van der Waals surface area contributed by atoms with Crippen LogP contribution in [-0.4, -0.2) is 33.2 Å². The molecule has 3 rings (SSSR count). The number of halogens is 2. The van der Waals surface area contributed by atoms with E-state index in [4.69, 9.17) is 0 Å². The molecule has 160 valence electrons. The van der Waals surface area contributed by atoms with Gasteiger partial charge in [-0.2, -0.15) is 5.10 Å². The summed E-state index contributed by atoms with van der Waals surface area (Å²) in [4.78, 5) is 24.4. The van der Waals surface area contributed by atoms with E-state index in [-0.39, 0.29) is 11.4 Å². The second kappa shape index (κ2) is 9.77. The number of anilines is 1. The second-order valence-electron chi connectivity index (χ2n) is 6.78. The summed E-state index contributed by atoms with van der Waals surface area (Å²) in [6.45, 7) is 1.40. The summed E-state index contributed by atoms with van der Waals surface area (Å²) in [6, 6.07) is 12.5. The topological polar surface area (TPSA) is 107 Å². The normalized spacial score (nSPS) is 13.0. The van der Waals surface area contributed by atoms with Gasteiger partial charge in [0.1, 0.15) is 17.7 Å². The van der Waals surface area contributed by atoms with E-state index >= 15 is 0 Å². The Hall–Kier alpha value is -3.85. The number of rotatable bonds is 7. The summed E-state index contributed by atoms with van der Waals surface area (Å²) in [5, 5.41) is 21.6. The number of carbonyl (C=O) groups excluding carboxylic acids is 2. The number of aliphatic hydroxyl groups excluding tert-OH is 1. The first kappa shape index (κ1) is 21.8. The van der Waals surface area contributed by atoms with Gasteiger partial charge in [0.2, 0.25) is 5.91 Å². The lowest BCUT2D eigenvalue weighted by molar-refractivity contribution is -0.132.